The first kappa shape index (κ1) is 18.2. The smallest absolute Gasteiger partial charge is 0.282 e. The Morgan fingerprint density at radius 1 is 0.960 bits per heavy atom. The summed E-state index contributed by atoms with van der Waals surface area (Å²) in [6.45, 7) is 3.55. The number of carbonyl (C=O) groups excluding carboxylic acids is 1. The molecule has 2 aliphatic rings. The quantitative estimate of drug-likeness (QED) is 0.756. The van der Waals surface area contributed by atoms with Crippen LogP contribution in [0, 0.1) is 5.82 Å². The summed E-state index contributed by atoms with van der Waals surface area (Å²) in [6, 6.07) is 5.56. The molecule has 0 saturated carbocycles. The van der Waals surface area contributed by atoms with Gasteiger partial charge in [-0.25, -0.2) is 4.39 Å². The van der Waals surface area contributed by atoms with Crippen LogP contribution in [0.1, 0.15) is 10.4 Å². The van der Waals surface area contributed by atoms with Gasteiger partial charge in [0, 0.05) is 57.9 Å². The predicted octanol–water partition coefficient (Wildman–Crippen LogP) is 0.0757. The standard InChI is InChI=1S/C16H23FN4O3S/c1-18-5-9-20(10-6-18)25(23,24)21-11-7-19(8-12-21)16(22)14-3-2-4-15(17)13-14/h2-4,13H,5-12H2,1H3. The van der Waals surface area contributed by atoms with Crippen molar-refractivity contribution < 1.29 is 17.6 Å². The molecule has 0 radical (unpaired) electrons. The Morgan fingerprint density at radius 3 is 2.08 bits per heavy atom. The third kappa shape index (κ3) is 4.00. The number of nitrogens with zero attached hydrogens (tertiary/aromatic N) is 4. The van der Waals surface area contributed by atoms with E-state index in [-0.39, 0.29) is 24.6 Å². The highest BCUT2D eigenvalue weighted by molar-refractivity contribution is 7.86. The molecule has 0 aliphatic carbocycles. The number of benzene rings is 1. The van der Waals surface area contributed by atoms with Gasteiger partial charge in [0.05, 0.1) is 0 Å². The maximum atomic E-state index is 13.3. The summed E-state index contributed by atoms with van der Waals surface area (Å²) in [4.78, 5) is 16.1. The Labute approximate surface area is 147 Å². The van der Waals surface area contributed by atoms with Crippen molar-refractivity contribution in [3.8, 4) is 0 Å². The molecule has 1 amide bonds. The van der Waals surface area contributed by atoms with Gasteiger partial charge in [0.25, 0.3) is 16.1 Å². The monoisotopic (exact) mass is 370 g/mol. The van der Waals surface area contributed by atoms with Crippen LogP contribution in [0.4, 0.5) is 4.39 Å². The Morgan fingerprint density at radius 2 is 1.52 bits per heavy atom. The predicted molar refractivity (Wildman–Crippen MR) is 91.9 cm³/mol. The van der Waals surface area contributed by atoms with Crippen molar-refractivity contribution in [1.29, 1.82) is 0 Å². The summed E-state index contributed by atoms with van der Waals surface area (Å²) in [5, 5.41) is 0. The summed E-state index contributed by atoms with van der Waals surface area (Å²) < 4.78 is 41.7. The van der Waals surface area contributed by atoms with Crippen LogP contribution in [0.2, 0.25) is 0 Å². The zero-order valence-electron chi connectivity index (χ0n) is 14.3. The largest absolute Gasteiger partial charge is 0.336 e. The van der Waals surface area contributed by atoms with Gasteiger partial charge in [0.15, 0.2) is 0 Å². The summed E-state index contributed by atoms with van der Waals surface area (Å²) in [5.74, 6) is -0.724. The van der Waals surface area contributed by atoms with Crippen LogP contribution in [-0.4, -0.2) is 92.1 Å². The molecule has 0 atom stereocenters. The first-order valence-corrected chi connectivity index (χ1v) is 9.76. The normalized spacial score (nSPS) is 21.4. The van der Waals surface area contributed by atoms with E-state index in [2.05, 4.69) is 4.90 Å². The Hall–Kier alpha value is -1.55. The highest BCUT2D eigenvalue weighted by atomic mass is 32.2. The van der Waals surface area contributed by atoms with Crippen molar-refractivity contribution in [3.05, 3.63) is 35.6 Å². The van der Waals surface area contributed by atoms with E-state index in [1.807, 2.05) is 7.05 Å². The van der Waals surface area contributed by atoms with Gasteiger partial charge in [0.2, 0.25) is 0 Å². The number of hydrogen-bond donors (Lipinski definition) is 0. The van der Waals surface area contributed by atoms with Crippen LogP contribution >= 0.6 is 0 Å². The number of likely N-dealkylation sites (N-methyl/N-ethyl adjacent to an activating group) is 1. The van der Waals surface area contributed by atoms with E-state index >= 15 is 0 Å². The molecule has 2 saturated heterocycles. The molecule has 0 aromatic heterocycles. The second-order valence-corrected chi connectivity index (χ2v) is 8.34. The molecular weight excluding hydrogens is 347 g/mol. The molecule has 1 aromatic rings. The van der Waals surface area contributed by atoms with E-state index in [4.69, 9.17) is 0 Å². The molecule has 138 valence electrons. The van der Waals surface area contributed by atoms with E-state index < -0.39 is 16.0 Å². The second-order valence-electron chi connectivity index (χ2n) is 6.41. The molecule has 1 aromatic carbocycles. The first-order valence-electron chi connectivity index (χ1n) is 8.36. The summed E-state index contributed by atoms with van der Waals surface area (Å²) in [5.41, 5.74) is 0.287. The van der Waals surface area contributed by atoms with Crippen LogP contribution < -0.4 is 0 Å². The fraction of sp³-hybridized carbons (Fsp3) is 0.562. The van der Waals surface area contributed by atoms with Gasteiger partial charge < -0.3 is 9.80 Å². The second kappa shape index (κ2) is 7.36. The number of amides is 1. The number of rotatable bonds is 3. The maximum absolute atomic E-state index is 13.3. The van der Waals surface area contributed by atoms with Crippen molar-refractivity contribution in [2.75, 3.05) is 59.4 Å². The van der Waals surface area contributed by atoms with Crippen molar-refractivity contribution in [2.45, 2.75) is 0 Å². The Kier molecular flexibility index (Phi) is 5.38. The zero-order valence-corrected chi connectivity index (χ0v) is 15.1. The topological polar surface area (TPSA) is 64.2 Å². The molecule has 2 heterocycles. The van der Waals surface area contributed by atoms with Crippen molar-refractivity contribution in [1.82, 2.24) is 18.4 Å². The van der Waals surface area contributed by atoms with Crippen LogP contribution in [0.3, 0.4) is 0 Å². The van der Waals surface area contributed by atoms with Gasteiger partial charge in [-0.2, -0.15) is 17.0 Å². The average Bonchev–Trinajstić information content (AvgIpc) is 2.61. The molecule has 25 heavy (non-hydrogen) atoms. The van der Waals surface area contributed by atoms with E-state index in [0.717, 1.165) is 13.1 Å². The van der Waals surface area contributed by atoms with E-state index in [1.54, 1.807) is 11.0 Å². The molecule has 0 unspecified atom stereocenters. The molecule has 7 nitrogen and oxygen atoms in total. The fourth-order valence-electron chi connectivity index (χ4n) is 3.11. The van der Waals surface area contributed by atoms with Gasteiger partial charge in [-0.1, -0.05) is 6.07 Å². The van der Waals surface area contributed by atoms with Gasteiger partial charge in [-0.3, -0.25) is 4.79 Å². The lowest BCUT2D eigenvalue weighted by Crippen LogP contribution is -2.57. The third-order valence-corrected chi connectivity index (χ3v) is 6.75. The van der Waals surface area contributed by atoms with Gasteiger partial charge in [0.1, 0.15) is 5.82 Å². The molecule has 2 fully saturated rings. The molecule has 2 aliphatic heterocycles. The fourth-order valence-corrected chi connectivity index (χ4v) is 4.68. The molecule has 0 bridgehead atoms. The summed E-state index contributed by atoms with van der Waals surface area (Å²) in [6.07, 6.45) is 0. The van der Waals surface area contributed by atoms with Crippen molar-refractivity contribution in [2.24, 2.45) is 0 Å². The summed E-state index contributed by atoms with van der Waals surface area (Å²) in [7, 11) is -1.51. The average molecular weight is 370 g/mol. The molecule has 0 N–H and O–H groups in total. The van der Waals surface area contributed by atoms with Crippen molar-refractivity contribution >= 4 is 16.1 Å². The highest BCUT2D eigenvalue weighted by Gasteiger charge is 2.34. The molecule has 0 spiro atoms. The van der Waals surface area contributed by atoms with Crippen LogP contribution in [0.5, 0.6) is 0 Å². The SMILES string of the molecule is CN1CCN(S(=O)(=O)N2CCN(C(=O)c3cccc(F)c3)CC2)CC1. The minimum absolute atomic E-state index is 0.260. The minimum Gasteiger partial charge on any atom is -0.336 e. The Bertz CT molecular complexity index is 727. The lowest BCUT2D eigenvalue weighted by molar-refractivity contribution is 0.0691. The number of piperazine rings is 2. The number of halogens is 1. The van der Waals surface area contributed by atoms with Gasteiger partial charge in [-0.05, 0) is 25.2 Å². The molecule has 9 heteroatoms. The van der Waals surface area contributed by atoms with Crippen LogP contribution in [0.15, 0.2) is 24.3 Å². The van der Waals surface area contributed by atoms with Crippen LogP contribution in [-0.2, 0) is 10.2 Å². The van der Waals surface area contributed by atoms with Crippen LogP contribution in [0.25, 0.3) is 0 Å². The van der Waals surface area contributed by atoms with Gasteiger partial charge >= 0.3 is 0 Å². The van der Waals surface area contributed by atoms with E-state index in [9.17, 15) is 17.6 Å². The Balaban J connectivity index is 1.60. The molecular formula is C16H23FN4O3S. The first-order chi connectivity index (χ1) is 11.9. The van der Waals surface area contributed by atoms with Crippen molar-refractivity contribution in [3.63, 3.8) is 0 Å². The third-order valence-electron chi connectivity index (χ3n) is 4.71. The van der Waals surface area contributed by atoms with E-state index in [0.29, 0.717) is 26.2 Å². The lowest BCUT2D eigenvalue weighted by Gasteiger charge is -2.39. The lowest BCUT2D eigenvalue weighted by atomic mass is 10.2. The number of carbonyl (C=O) groups is 1. The maximum Gasteiger partial charge on any atom is 0.282 e. The minimum atomic E-state index is -3.49. The summed E-state index contributed by atoms with van der Waals surface area (Å²) >= 11 is 0. The zero-order chi connectivity index (χ0) is 18.0. The van der Waals surface area contributed by atoms with Gasteiger partial charge in [-0.15, -0.1) is 0 Å². The van der Waals surface area contributed by atoms with E-state index in [1.165, 1.54) is 26.8 Å². The number of hydrogen-bond acceptors (Lipinski definition) is 4. The highest BCUT2D eigenvalue weighted by Crippen LogP contribution is 2.16. The molecule has 3 rings (SSSR count).